The Morgan fingerprint density at radius 2 is 1.53 bits per heavy atom. The minimum atomic E-state index is -0.872. The van der Waals surface area contributed by atoms with E-state index in [0.717, 1.165) is 16.7 Å². The molecule has 38 heavy (non-hydrogen) atoms. The molecule has 0 bridgehead atoms. The molecule has 0 saturated carbocycles. The molecule has 1 aliphatic heterocycles. The molecule has 7 nitrogen and oxygen atoms in total. The fourth-order valence-corrected chi connectivity index (χ4v) is 4.65. The van der Waals surface area contributed by atoms with Crippen LogP contribution in [0, 0.1) is 0 Å². The van der Waals surface area contributed by atoms with Crippen molar-refractivity contribution in [2.45, 2.75) is 37.6 Å². The largest absolute Gasteiger partial charge is 0.391 e. The highest BCUT2D eigenvalue weighted by Gasteiger charge is 2.39. The smallest absolute Gasteiger partial charge is 0.247 e. The van der Waals surface area contributed by atoms with E-state index in [0.29, 0.717) is 13.0 Å². The molecule has 7 heteroatoms. The molecule has 3 aromatic carbocycles. The summed E-state index contributed by atoms with van der Waals surface area (Å²) in [4.78, 5) is 42.9. The number of nitrogens with one attached hydrogen (secondary N) is 1. The first kappa shape index (κ1) is 26.8. The van der Waals surface area contributed by atoms with E-state index >= 15 is 0 Å². The van der Waals surface area contributed by atoms with Gasteiger partial charge in [-0.05, 0) is 22.8 Å². The van der Waals surface area contributed by atoms with Crippen molar-refractivity contribution in [3.05, 3.63) is 114 Å². The molecule has 3 atom stereocenters. The van der Waals surface area contributed by atoms with Crippen molar-refractivity contribution < 1.29 is 19.5 Å². The summed E-state index contributed by atoms with van der Waals surface area (Å²) < 4.78 is 0. The molecule has 0 spiro atoms. The van der Waals surface area contributed by atoms with Gasteiger partial charge in [0.2, 0.25) is 17.7 Å². The zero-order chi connectivity index (χ0) is 26.9. The van der Waals surface area contributed by atoms with E-state index < -0.39 is 24.1 Å². The van der Waals surface area contributed by atoms with Crippen molar-refractivity contribution in [1.29, 1.82) is 0 Å². The second-order valence-corrected chi connectivity index (χ2v) is 9.57. The normalized spacial score (nSPS) is 17.8. The van der Waals surface area contributed by atoms with Crippen LogP contribution in [0.15, 0.2) is 97.1 Å². The molecule has 0 radical (unpaired) electrons. The molecule has 4 rings (SSSR count). The Kier molecular flexibility index (Phi) is 9.06. The lowest BCUT2D eigenvalue weighted by Gasteiger charge is -2.28. The maximum atomic E-state index is 13.5. The first-order chi connectivity index (χ1) is 18.4. The molecule has 1 fully saturated rings. The molecule has 0 unspecified atom stereocenters. The molecule has 196 valence electrons. The van der Waals surface area contributed by atoms with Crippen LogP contribution in [-0.4, -0.2) is 64.4 Å². The van der Waals surface area contributed by atoms with Crippen LogP contribution in [0.2, 0.25) is 0 Å². The van der Waals surface area contributed by atoms with E-state index in [2.05, 4.69) is 5.32 Å². The van der Waals surface area contributed by atoms with Gasteiger partial charge in [0.1, 0.15) is 12.1 Å². The average molecular weight is 512 g/mol. The Hall–Kier alpha value is -4.23. The first-order valence-electron chi connectivity index (χ1n) is 12.8. The van der Waals surface area contributed by atoms with Gasteiger partial charge in [-0.15, -0.1) is 0 Å². The van der Waals surface area contributed by atoms with E-state index in [4.69, 9.17) is 0 Å². The van der Waals surface area contributed by atoms with Crippen molar-refractivity contribution in [2.24, 2.45) is 0 Å². The molecule has 1 saturated heterocycles. The number of benzene rings is 3. The Balaban J connectivity index is 1.49. The predicted octanol–water partition coefficient (Wildman–Crippen LogP) is 3.05. The SMILES string of the molecule is CN(Cc1ccccc1)C(=O)[C@H](Cc1ccccc1)NC(=O)[C@@H]1C[C@@H](O)CN1C(=O)/C=C/c1ccccc1. The fourth-order valence-electron chi connectivity index (χ4n) is 4.65. The van der Waals surface area contributed by atoms with Crippen LogP contribution in [0.25, 0.3) is 6.08 Å². The minimum Gasteiger partial charge on any atom is -0.391 e. The number of amides is 3. The van der Waals surface area contributed by atoms with Gasteiger partial charge in [-0.2, -0.15) is 0 Å². The fraction of sp³-hybridized carbons (Fsp3) is 0.258. The zero-order valence-corrected chi connectivity index (χ0v) is 21.4. The number of nitrogens with zero attached hydrogens (tertiary/aromatic N) is 2. The van der Waals surface area contributed by atoms with Crippen molar-refractivity contribution >= 4 is 23.8 Å². The van der Waals surface area contributed by atoms with Gasteiger partial charge in [-0.3, -0.25) is 14.4 Å². The second-order valence-electron chi connectivity index (χ2n) is 9.57. The molecule has 0 aromatic heterocycles. The Morgan fingerprint density at radius 3 is 2.16 bits per heavy atom. The summed E-state index contributed by atoms with van der Waals surface area (Å²) in [6.07, 6.45) is 2.70. The van der Waals surface area contributed by atoms with Crippen LogP contribution in [0.1, 0.15) is 23.1 Å². The van der Waals surface area contributed by atoms with E-state index in [1.807, 2.05) is 91.0 Å². The number of aliphatic hydroxyl groups is 1. The number of aliphatic hydroxyl groups excluding tert-OH is 1. The van der Waals surface area contributed by atoms with Gasteiger partial charge in [0.05, 0.1) is 6.10 Å². The zero-order valence-electron chi connectivity index (χ0n) is 21.4. The minimum absolute atomic E-state index is 0.0568. The quantitative estimate of drug-likeness (QED) is 0.432. The van der Waals surface area contributed by atoms with Gasteiger partial charge >= 0.3 is 0 Å². The Bertz CT molecular complexity index is 1250. The van der Waals surface area contributed by atoms with Gasteiger partial charge in [0, 0.05) is 39.1 Å². The number of carbonyl (C=O) groups is 3. The number of rotatable bonds is 9. The summed E-state index contributed by atoms with van der Waals surface area (Å²) in [6, 6.07) is 26.8. The second kappa shape index (κ2) is 12.8. The maximum Gasteiger partial charge on any atom is 0.247 e. The third-order valence-electron chi connectivity index (χ3n) is 6.62. The molecule has 1 aliphatic rings. The number of β-amino-alcohol motifs (C(OH)–C–C–N with tert-alkyl or cyclic N) is 1. The van der Waals surface area contributed by atoms with Gasteiger partial charge in [-0.25, -0.2) is 0 Å². The topological polar surface area (TPSA) is 89.9 Å². The highest BCUT2D eigenvalue weighted by molar-refractivity contribution is 5.97. The van der Waals surface area contributed by atoms with E-state index in [-0.39, 0.29) is 24.8 Å². The third kappa shape index (κ3) is 7.17. The van der Waals surface area contributed by atoms with Crippen LogP contribution in [0.4, 0.5) is 0 Å². The van der Waals surface area contributed by atoms with Crippen molar-refractivity contribution in [3.63, 3.8) is 0 Å². The van der Waals surface area contributed by atoms with Gasteiger partial charge in [0.25, 0.3) is 0 Å². The Morgan fingerprint density at radius 1 is 0.947 bits per heavy atom. The lowest BCUT2D eigenvalue weighted by Crippen LogP contribution is -2.53. The summed E-state index contributed by atoms with van der Waals surface area (Å²) in [5, 5.41) is 13.2. The molecule has 1 heterocycles. The first-order valence-corrected chi connectivity index (χ1v) is 12.8. The maximum absolute atomic E-state index is 13.5. The van der Waals surface area contributed by atoms with E-state index in [1.165, 1.54) is 11.0 Å². The molecule has 3 aromatic rings. The molecular weight excluding hydrogens is 478 g/mol. The lowest BCUT2D eigenvalue weighted by molar-refractivity contribution is -0.139. The summed E-state index contributed by atoms with van der Waals surface area (Å²) in [5.41, 5.74) is 2.75. The van der Waals surface area contributed by atoms with Gasteiger partial charge in [-0.1, -0.05) is 91.0 Å². The molecular formula is C31H33N3O4. The number of carbonyl (C=O) groups excluding carboxylic acids is 3. The molecule has 2 N–H and O–H groups in total. The van der Waals surface area contributed by atoms with Crippen LogP contribution < -0.4 is 5.32 Å². The van der Waals surface area contributed by atoms with Gasteiger partial charge < -0.3 is 20.2 Å². The summed E-state index contributed by atoms with van der Waals surface area (Å²) in [6.45, 7) is 0.457. The third-order valence-corrected chi connectivity index (χ3v) is 6.62. The lowest BCUT2D eigenvalue weighted by atomic mass is 10.0. The van der Waals surface area contributed by atoms with Crippen molar-refractivity contribution in [2.75, 3.05) is 13.6 Å². The summed E-state index contributed by atoms with van der Waals surface area (Å²) in [7, 11) is 1.71. The van der Waals surface area contributed by atoms with Crippen LogP contribution >= 0.6 is 0 Å². The standard InChI is InChI=1S/C31H33N3O4/c1-33(21-25-15-9-4-10-16-25)31(38)27(19-24-13-7-3-8-14-24)32-30(37)28-20-26(35)22-34(28)29(36)18-17-23-11-5-2-6-12-23/h2-18,26-28,35H,19-22H2,1H3,(H,32,37)/b18-17+/t26-,27+,28+/m1/s1. The number of likely N-dealkylation sites (N-methyl/N-ethyl adjacent to an activating group) is 1. The van der Waals surface area contributed by atoms with E-state index in [9.17, 15) is 19.5 Å². The molecule has 0 aliphatic carbocycles. The summed E-state index contributed by atoms with van der Waals surface area (Å²) in [5.74, 6) is -1.05. The van der Waals surface area contributed by atoms with E-state index in [1.54, 1.807) is 18.0 Å². The van der Waals surface area contributed by atoms with Crippen LogP contribution in [0.5, 0.6) is 0 Å². The monoisotopic (exact) mass is 511 g/mol. The number of hydrogen-bond donors (Lipinski definition) is 2. The highest BCUT2D eigenvalue weighted by atomic mass is 16.3. The van der Waals surface area contributed by atoms with Crippen LogP contribution in [0.3, 0.4) is 0 Å². The number of hydrogen-bond acceptors (Lipinski definition) is 4. The molecule has 3 amide bonds. The Labute approximate surface area is 223 Å². The van der Waals surface area contributed by atoms with Crippen molar-refractivity contribution in [3.8, 4) is 0 Å². The van der Waals surface area contributed by atoms with Gasteiger partial charge in [0.15, 0.2) is 0 Å². The predicted molar refractivity (Wildman–Crippen MR) is 147 cm³/mol. The van der Waals surface area contributed by atoms with Crippen LogP contribution in [-0.2, 0) is 27.3 Å². The van der Waals surface area contributed by atoms with Crippen molar-refractivity contribution in [1.82, 2.24) is 15.1 Å². The summed E-state index contributed by atoms with van der Waals surface area (Å²) >= 11 is 0. The number of likely N-dealkylation sites (tertiary alicyclic amines) is 1. The average Bonchev–Trinajstić information content (AvgIpc) is 3.34. The highest BCUT2D eigenvalue weighted by Crippen LogP contribution is 2.20.